The molecule has 0 atom stereocenters. The molecule has 0 saturated heterocycles. The largest absolute Gasteiger partial charge is 0.342 e. The summed E-state index contributed by atoms with van der Waals surface area (Å²) in [5, 5.41) is 0. The molecule has 102 valence electrons. The number of imidazole rings is 1. The van der Waals surface area contributed by atoms with Crippen molar-refractivity contribution >= 4 is 11.0 Å². The molecule has 3 aromatic rings. The van der Waals surface area contributed by atoms with Crippen LogP contribution in [-0.2, 0) is 6.42 Å². The summed E-state index contributed by atoms with van der Waals surface area (Å²) in [7, 11) is 0. The lowest BCUT2D eigenvalue weighted by molar-refractivity contribution is 0.590. The Morgan fingerprint density at radius 2 is 1.85 bits per heavy atom. The molecule has 0 bridgehead atoms. The van der Waals surface area contributed by atoms with E-state index in [4.69, 9.17) is 0 Å². The van der Waals surface area contributed by atoms with Crippen LogP contribution in [0.15, 0.2) is 30.3 Å². The van der Waals surface area contributed by atoms with Gasteiger partial charge in [-0.1, -0.05) is 18.2 Å². The number of nitrogens with one attached hydrogen (secondary N) is 1. The van der Waals surface area contributed by atoms with Crippen LogP contribution in [0.1, 0.15) is 22.5 Å². The molecule has 0 amide bonds. The lowest BCUT2D eigenvalue weighted by Gasteiger charge is -2.03. The van der Waals surface area contributed by atoms with E-state index >= 15 is 0 Å². The predicted molar refractivity (Wildman–Crippen MR) is 74.7 cm³/mol. The zero-order valence-corrected chi connectivity index (χ0v) is 11.3. The molecule has 3 rings (SSSR count). The Kier molecular flexibility index (Phi) is 3.01. The van der Waals surface area contributed by atoms with E-state index in [2.05, 4.69) is 23.0 Å². The summed E-state index contributed by atoms with van der Waals surface area (Å²) in [4.78, 5) is 7.17. The molecule has 1 aromatic heterocycles. The molecule has 1 N–H and O–H groups in total. The average molecular weight is 272 g/mol. The van der Waals surface area contributed by atoms with Crippen LogP contribution in [0, 0.1) is 25.5 Å². The minimum absolute atomic E-state index is 0.185. The van der Waals surface area contributed by atoms with Crippen LogP contribution in [0.4, 0.5) is 8.78 Å². The normalized spacial score (nSPS) is 11.2. The molecule has 0 spiro atoms. The van der Waals surface area contributed by atoms with Gasteiger partial charge in [-0.25, -0.2) is 13.8 Å². The first-order valence-corrected chi connectivity index (χ1v) is 6.43. The van der Waals surface area contributed by atoms with Gasteiger partial charge in [0.05, 0.1) is 5.52 Å². The van der Waals surface area contributed by atoms with Crippen molar-refractivity contribution in [3.63, 3.8) is 0 Å². The highest BCUT2D eigenvalue weighted by Crippen LogP contribution is 2.19. The number of fused-ring (bicyclic) bond motifs is 1. The van der Waals surface area contributed by atoms with Crippen molar-refractivity contribution in [3.8, 4) is 0 Å². The van der Waals surface area contributed by atoms with Gasteiger partial charge in [0.25, 0.3) is 0 Å². The molecule has 20 heavy (non-hydrogen) atoms. The SMILES string of the molecule is Cc1ccc(Cc2nc3c(F)cc(F)cc3[nH]2)cc1C. The van der Waals surface area contributed by atoms with Crippen LogP contribution in [-0.4, -0.2) is 9.97 Å². The van der Waals surface area contributed by atoms with Crippen molar-refractivity contribution < 1.29 is 8.78 Å². The van der Waals surface area contributed by atoms with Crippen LogP contribution in [0.3, 0.4) is 0 Å². The number of H-pyrrole nitrogens is 1. The molecule has 0 saturated carbocycles. The number of nitrogens with zero attached hydrogens (tertiary/aromatic N) is 1. The van der Waals surface area contributed by atoms with Gasteiger partial charge in [-0.05, 0) is 36.6 Å². The van der Waals surface area contributed by atoms with Gasteiger partial charge >= 0.3 is 0 Å². The Bertz CT molecular complexity index is 791. The lowest BCUT2D eigenvalue weighted by Crippen LogP contribution is -1.92. The molecular weight excluding hydrogens is 258 g/mol. The van der Waals surface area contributed by atoms with Crippen molar-refractivity contribution in [1.82, 2.24) is 9.97 Å². The zero-order valence-electron chi connectivity index (χ0n) is 11.3. The van der Waals surface area contributed by atoms with Gasteiger partial charge in [0.2, 0.25) is 0 Å². The van der Waals surface area contributed by atoms with E-state index in [1.807, 2.05) is 19.1 Å². The molecule has 1 heterocycles. The van der Waals surface area contributed by atoms with Crippen LogP contribution in [0.25, 0.3) is 11.0 Å². The van der Waals surface area contributed by atoms with Gasteiger partial charge in [-0.2, -0.15) is 0 Å². The summed E-state index contributed by atoms with van der Waals surface area (Å²) in [5.74, 6) is -0.605. The molecular formula is C16H14F2N2. The highest BCUT2D eigenvalue weighted by Gasteiger charge is 2.10. The molecule has 0 aliphatic rings. The second kappa shape index (κ2) is 4.71. The summed E-state index contributed by atoms with van der Waals surface area (Å²) < 4.78 is 26.7. The fourth-order valence-corrected chi connectivity index (χ4v) is 2.28. The summed E-state index contributed by atoms with van der Waals surface area (Å²) in [6, 6.07) is 8.26. The Labute approximate surface area is 115 Å². The van der Waals surface area contributed by atoms with E-state index in [0.29, 0.717) is 17.8 Å². The van der Waals surface area contributed by atoms with Crippen molar-refractivity contribution in [2.75, 3.05) is 0 Å². The third-order valence-corrected chi connectivity index (χ3v) is 3.50. The van der Waals surface area contributed by atoms with Gasteiger partial charge in [0, 0.05) is 12.5 Å². The quantitative estimate of drug-likeness (QED) is 0.749. The van der Waals surface area contributed by atoms with Crippen molar-refractivity contribution in [2.24, 2.45) is 0 Å². The number of aromatic nitrogens is 2. The molecule has 2 nitrogen and oxygen atoms in total. The summed E-state index contributed by atoms with van der Waals surface area (Å²) >= 11 is 0. The van der Waals surface area contributed by atoms with Crippen molar-refractivity contribution in [1.29, 1.82) is 0 Å². The van der Waals surface area contributed by atoms with E-state index in [1.165, 1.54) is 17.2 Å². The monoisotopic (exact) mass is 272 g/mol. The fraction of sp³-hybridized carbons (Fsp3) is 0.188. The minimum Gasteiger partial charge on any atom is -0.342 e. The van der Waals surface area contributed by atoms with Gasteiger partial charge in [0.1, 0.15) is 17.2 Å². The third kappa shape index (κ3) is 2.29. The first-order chi connectivity index (χ1) is 9.52. The number of rotatable bonds is 2. The van der Waals surface area contributed by atoms with E-state index in [1.54, 1.807) is 0 Å². The number of hydrogen-bond donors (Lipinski definition) is 1. The number of aryl methyl sites for hydroxylation is 2. The Morgan fingerprint density at radius 1 is 1.05 bits per heavy atom. The Hall–Kier alpha value is -2.23. The third-order valence-electron chi connectivity index (χ3n) is 3.50. The van der Waals surface area contributed by atoms with Crippen LogP contribution < -0.4 is 0 Å². The van der Waals surface area contributed by atoms with Crippen molar-refractivity contribution in [3.05, 3.63) is 64.5 Å². The second-order valence-electron chi connectivity index (χ2n) is 5.06. The summed E-state index contributed by atoms with van der Waals surface area (Å²) in [6.07, 6.45) is 0.566. The van der Waals surface area contributed by atoms with E-state index in [9.17, 15) is 8.78 Å². The maximum Gasteiger partial charge on any atom is 0.153 e. The number of halogens is 2. The lowest BCUT2D eigenvalue weighted by atomic mass is 10.0. The summed E-state index contributed by atoms with van der Waals surface area (Å²) in [6.45, 7) is 4.10. The number of aromatic amines is 1. The van der Waals surface area contributed by atoms with Crippen LogP contribution in [0.2, 0.25) is 0 Å². The summed E-state index contributed by atoms with van der Waals surface area (Å²) in [5.41, 5.74) is 4.10. The predicted octanol–water partition coefficient (Wildman–Crippen LogP) is 4.05. The molecule has 2 aromatic carbocycles. The average Bonchev–Trinajstić information content (AvgIpc) is 2.76. The standard InChI is InChI=1S/C16H14F2N2/c1-9-3-4-11(5-10(9)2)6-15-19-14-8-12(17)7-13(18)16(14)20-15/h3-5,7-8H,6H2,1-2H3,(H,19,20). The van der Waals surface area contributed by atoms with Gasteiger partial charge in [0.15, 0.2) is 5.82 Å². The zero-order chi connectivity index (χ0) is 14.3. The highest BCUT2D eigenvalue weighted by atomic mass is 19.1. The maximum atomic E-state index is 13.6. The molecule has 0 fully saturated rings. The second-order valence-corrected chi connectivity index (χ2v) is 5.06. The number of hydrogen-bond acceptors (Lipinski definition) is 1. The van der Waals surface area contributed by atoms with Crippen LogP contribution >= 0.6 is 0 Å². The molecule has 0 aliphatic heterocycles. The van der Waals surface area contributed by atoms with E-state index in [0.717, 1.165) is 11.6 Å². The first kappa shape index (κ1) is 12.8. The molecule has 0 radical (unpaired) electrons. The Morgan fingerprint density at radius 3 is 2.60 bits per heavy atom. The fourth-order valence-electron chi connectivity index (χ4n) is 2.28. The Balaban J connectivity index is 1.98. The van der Waals surface area contributed by atoms with E-state index in [-0.39, 0.29) is 5.52 Å². The minimum atomic E-state index is -0.636. The van der Waals surface area contributed by atoms with Crippen molar-refractivity contribution in [2.45, 2.75) is 20.3 Å². The highest BCUT2D eigenvalue weighted by molar-refractivity contribution is 5.75. The van der Waals surface area contributed by atoms with Gasteiger partial charge in [-0.15, -0.1) is 0 Å². The van der Waals surface area contributed by atoms with Gasteiger partial charge in [-0.3, -0.25) is 0 Å². The number of benzene rings is 2. The molecule has 0 aliphatic carbocycles. The molecule has 4 heteroatoms. The smallest absolute Gasteiger partial charge is 0.153 e. The van der Waals surface area contributed by atoms with Crippen LogP contribution in [0.5, 0.6) is 0 Å². The first-order valence-electron chi connectivity index (χ1n) is 6.43. The topological polar surface area (TPSA) is 28.7 Å². The van der Waals surface area contributed by atoms with Gasteiger partial charge < -0.3 is 4.98 Å². The molecule has 0 unspecified atom stereocenters. The maximum absolute atomic E-state index is 13.6. The van der Waals surface area contributed by atoms with E-state index < -0.39 is 11.6 Å².